The molecule has 1 fully saturated rings. The van der Waals surface area contributed by atoms with E-state index in [1.165, 1.54) is 36.9 Å². The highest BCUT2D eigenvalue weighted by atomic mass is 35.5. The van der Waals surface area contributed by atoms with Gasteiger partial charge in [0.2, 0.25) is 0 Å². The Bertz CT molecular complexity index is 463. The first-order valence-electron chi connectivity index (χ1n) is 7.30. The molecule has 19 heavy (non-hydrogen) atoms. The van der Waals surface area contributed by atoms with Crippen LogP contribution in [0.15, 0.2) is 0 Å². The molecule has 2 aliphatic rings. The van der Waals surface area contributed by atoms with Crippen LogP contribution < -0.4 is 5.32 Å². The van der Waals surface area contributed by atoms with Crippen LogP contribution in [0.4, 0.5) is 5.82 Å². The zero-order valence-electron chi connectivity index (χ0n) is 11.5. The van der Waals surface area contributed by atoms with E-state index in [0.29, 0.717) is 11.2 Å². The lowest BCUT2D eigenvalue weighted by Crippen LogP contribution is -2.42. The molecule has 1 aliphatic heterocycles. The number of aromatic nitrogens is 2. The Morgan fingerprint density at radius 2 is 2.11 bits per heavy atom. The maximum absolute atomic E-state index is 6.12. The molecule has 0 radical (unpaired) electrons. The van der Waals surface area contributed by atoms with Crippen LogP contribution in [0.25, 0.3) is 0 Å². The maximum Gasteiger partial charge on any atom is 0.155 e. The van der Waals surface area contributed by atoms with E-state index < -0.39 is 0 Å². The average molecular weight is 281 g/mol. The lowest BCUT2D eigenvalue weighted by atomic mass is 10.1. The van der Waals surface area contributed by atoms with E-state index in [1.54, 1.807) is 0 Å². The van der Waals surface area contributed by atoms with Crippen LogP contribution in [0.1, 0.15) is 37.3 Å². The van der Waals surface area contributed by atoms with Gasteiger partial charge in [0.05, 0.1) is 0 Å². The number of likely N-dealkylation sites (N-methyl/N-ethyl adjacent to an activating group) is 1. The minimum Gasteiger partial charge on any atom is -0.364 e. The third-order valence-electron chi connectivity index (χ3n) is 4.28. The van der Waals surface area contributed by atoms with Crippen LogP contribution >= 0.6 is 11.6 Å². The monoisotopic (exact) mass is 280 g/mol. The summed E-state index contributed by atoms with van der Waals surface area (Å²) in [5.74, 6) is 0.972. The van der Waals surface area contributed by atoms with Gasteiger partial charge >= 0.3 is 0 Å². The number of nitrogens with zero attached hydrogens (tertiary/aromatic N) is 3. The molecule has 1 aromatic heterocycles. The summed E-state index contributed by atoms with van der Waals surface area (Å²) in [4.78, 5) is 2.49. The molecule has 0 saturated carbocycles. The standard InChI is InChI=1S/C14H21ClN4/c1-2-19-8-4-5-10(9-19)16-14-12-7-3-6-11(12)13(15)17-18-14/h10H,2-9H2,1H3,(H,16,18). The topological polar surface area (TPSA) is 41.0 Å². The fraction of sp³-hybridized carbons (Fsp3) is 0.714. The van der Waals surface area contributed by atoms with Gasteiger partial charge in [0, 0.05) is 18.2 Å². The van der Waals surface area contributed by atoms with Crippen LogP contribution in [-0.2, 0) is 12.8 Å². The van der Waals surface area contributed by atoms with E-state index in [0.717, 1.165) is 31.7 Å². The lowest BCUT2D eigenvalue weighted by molar-refractivity contribution is 0.226. The fourth-order valence-electron chi connectivity index (χ4n) is 3.22. The smallest absolute Gasteiger partial charge is 0.155 e. The number of hydrogen-bond acceptors (Lipinski definition) is 4. The summed E-state index contributed by atoms with van der Waals surface area (Å²) in [5.41, 5.74) is 2.51. The highest BCUT2D eigenvalue weighted by Crippen LogP contribution is 2.31. The largest absolute Gasteiger partial charge is 0.364 e. The molecule has 3 rings (SSSR count). The Balaban J connectivity index is 1.75. The number of hydrogen-bond donors (Lipinski definition) is 1. The summed E-state index contributed by atoms with van der Waals surface area (Å²) in [6.07, 6.45) is 5.77. The van der Waals surface area contributed by atoms with Crippen molar-refractivity contribution < 1.29 is 0 Å². The maximum atomic E-state index is 6.12. The fourth-order valence-corrected chi connectivity index (χ4v) is 3.46. The van der Waals surface area contributed by atoms with E-state index in [-0.39, 0.29) is 0 Å². The van der Waals surface area contributed by atoms with E-state index in [1.807, 2.05) is 0 Å². The minimum absolute atomic E-state index is 0.494. The molecule has 104 valence electrons. The Labute approximate surface area is 119 Å². The first-order chi connectivity index (χ1) is 9.28. The van der Waals surface area contributed by atoms with Crippen LogP contribution in [-0.4, -0.2) is 40.8 Å². The summed E-state index contributed by atoms with van der Waals surface area (Å²) < 4.78 is 0. The van der Waals surface area contributed by atoms with Crippen molar-refractivity contribution in [1.29, 1.82) is 0 Å². The molecule has 0 amide bonds. The third-order valence-corrected chi connectivity index (χ3v) is 4.59. The Kier molecular flexibility index (Phi) is 3.89. The summed E-state index contributed by atoms with van der Waals surface area (Å²) in [6.45, 7) is 5.68. The second kappa shape index (κ2) is 5.63. The summed E-state index contributed by atoms with van der Waals surface area (Å²) in [7, 11) is 0. The van der Waals surface area contributed by atoms with Crippen LogP contribution in [0, 0.1) is 0 Å². The van der Waals surface area contributed by atoms with Gasteiger partial charge in [-0.15, -0.1) is 10.2 Å². The Morgan fingerprint density at radius 1 is 1.26 bits per heavy atom. The van der Waals surface area contributed by atoms with Crippen molar-refractivity contribution in [2.45, 2.75) is 45.1 Å². The molecule has 1 saturated heterocycles. The molecule has 1 N–H and O–H groups in total. The van der Waals surface area contributed by atoms with E-state index >= 15 is 0 Å². The average Bonchev–Trinajstić information content (AvgIpc) is 2.93. The first kappa shape index (κ1) is 13.1. The van der Waals surface area contributed by atoms with E-state index in [2.05, 4.69) is 27.3 Å². The second-order valence-electron chi connectivity index (χ2n) is 5.53. The van der Waals surface area contributed by atoms with Crippen molar-refractivity contribution in [2.24, 2.45) is 0 Å². The zero-order chi connectivity index (χ0) is 13.2. The van der Waals surface area contributed by atoms with E-state index in [9.17, 15) is 0 Å². The molecule has 4 nitrogen and oxygen atoms in total. The van der Waals surface area contributed by atoms with Crippen molar-refractivity contribution >= 4 is 17.4 Å². The number of halogens is 1. The summed E-state index contributed by atoms with van der Waals surface area (Å²) >= 11 is 6.12. The number of anilines is 1. The minimum atomic E-state index is 0.494. The first-order valence-corrected chi connectivity index (χ1v) is 7.68. The number of piperidine rings is 1. The number of nitrogens with one attached hydrogen (secondary N) is 1. The molecule has 1 unspecified atom stereocenters. The van der Waals surface area contributed by atoms with Gasteiger partial charge in [-0.1, -0.05) is 18.5 Å². The van der Waals surface area contributed by atoms with Crippen molar-refractivity contribution in [3.8, 4) is 0 Å². The lowest BCUT2D eigenvalue weighted by Gasteiger charge is -2.32. The predicted molar refractivity (Wildman–Crippen MR) is 77.8 cm³/mol. The number of rotatable bonds is 3. The molecule has 1 aliphatic carbocycles. The van der Waals surface area contributed by atoms with Crippen molar-refractivity contribution in [2.75, 3.05) is 25.0 Å². The summed E-state index contributed by atoms with van der Waals surface area (Å²) in [6, 6.07) is 0.494. The molecule has 1 aromatic rings. The predicted octanol–water partition coefficient (Wildman–Crippen LogP) is 2.51. The van der Waals surface area contributed by atoms with Gasteiger partial charge in [-0.05, 0) is 50.8 Å². The quantitative estimate of drug-likeness (QED) is 0.924. The second-order valence-corrected chi connectivity index (χ2v) is 5.88. The third kappa shape index (κ3) is 2.70. The van der Waals surface area contributed by atoms with Gasteiger partial charge in [-0.3, -0.25) is 0 Å². The molecule has 0 spiro atoms. The molecular formula is C14H21ClN4. The van der Waals surface area contributed by atoms with Gasteiger partial charge in [-0.2, -0.15) is 0 Å². The van der Waals surface area contributed by atoms with Crippen molar-refractivity contribution in [3.05, 3.63) is 16.3 Å². The van der Waals surface area contributed by atoms with Crippen LogP contribution in [0.5, 0.6) is 0 Å². The normalized spacial score (nSPS) is 23.4. The molecular weight excluding hydrogens is 260 g/mol. The van der Waals surface area contributed by atoms with Gasteiger partial charge in [0.1, 0.15) is 0 Å². The highest BCUT2D eigenvalue weighted by Gasteiger charge is 2.24. The zero-order valence-corrected chi connectivity index (χ0v) is 12.2. The molecule has 1 atom stereocenters. The SMILES string of the molecule is CCN1CCCC(Nc2nnc(Cl)c3c2CCC3)C1. The van der Waals surface area contributed by atoms with Gasteiger partial charge in [0.15, 0.2) is 11.0 Å². The summed E-state index contributed by atoms with van der Waals surface area (Å²) in [5, 5.41) is 12.6. The number of fused-ring (bicyclic) bond motifs is 1. The van der Waals surface area contributed by atoms with Crippen LogP contribution in [0.2, 0.25) is 5.15 Å². The van der Waals surface area contributed by atoms with Crippen molar-refractivity contribution in [3.63, 3.8) is 0 Å². The van der Waals surface area contributed by atoms with E-state index in [4.69, 9.17) is 11.6 Å². The molecule has 5 heteroatoms. The van der Waals surface area contributed by atoms with Crippen molar-refractivity contribution in [1.82, 2.24) is 15.1 Å². The Hall–Kier alpha value is -0.870. The molecule has 0 bridgehead atoms. The molecule has 0 aromatic carbocycles. The highest BCUT2D eigenvalue weighted by molar-refractivity contribution is 6.30. The number of likely N-dealkylation sites (tertiary alicyclic amines) is 1. The Morgan fingerprint density at radius 3 is 2.95 bits per heavy atom. The van der Waals surface area contributed by atoms with Gasteiger partial charge in [-0.25, -0.2) is 0 Å². The van der Waals surface area contributed by atoms with Crippen LogP contribution in [0.3, 0.4) is 0 Å². The molecule has 2 heterocycles. The van der Waals surface area contributed by atoms with Gasteiger partial charge < -0.3 is 10.2 Å². The van der Waals surface area contributed by atoms with Gasteiger partial charge in [0.25, 0.3) is 0 Å².